The zero-order chi connectivity index (χ0) is 19.9. The molecule has 0 aliphatic heterocycles. The van der Waals surface area contributed by atoms with Crippen LogP contribution < -0.4 is 14.9 Å². The Hall–Kier alpha value is -3.19. The standard InChI is InChI=1S/C21H21N3O3S/c1-3-22-20(26)18-10-5-4-7-16(18)14-24-11-12-28-21(24)23-19(25)15-8-6-9-17(13-15)27-2/h4-13H,3,14H2,1-2H3,(H,22,26). The number of aromatic nitrogens is 1. The molecule has 0 atom stereocenters. The molecule has 0 spiro atoms. The summed E-state index contributed by atoms with van der Waals surface area (Å²) < 4.78 is 7.03. The van der Waals surface area contributed by atoms with Gasteiger partial charge in [-0.1, -0.05) is 24.3 Å². The Balaban J connectivity index is 1.90. The van der Waals surface area contributed by atoms with E-state index in [0.29, 0.717) is 34.8 Å². The zero-order valence-corrected chi connectivity index (χ0v) is 16.5. The second-order valence-electron chi connectivity index (χ2n) is 5.98. The Morgan fingerprint density at radius 2 is 2.00 bits per heavy atom. The first-order chi connectivity index (χ1) is 13.6. The number of nitrogens with one attached hydrogen (secondary N) is 1. The second kappa shape index (κ2) is 9.14. The van der Waals surface area contributed by atoms with Gasteiger partial charge in [0.1, 0.15) is 5.75 Å². The molecule has 0 bridgehead atoms. The van der Waals surface area contributed by atoms with E-state index in [0.717, 1.165) is 5.56 Å². The minimum atomic E-state index is -0.341. The fourth-order valence-electron chi connectivity index (χ4n) is 2.73. The molecule has 1 heterocycles. The Morgan fingerprint density at radius 3 is 2.79 bits per heavy atom. The third-order valence-corrected chi connectivity index (χ3v) is 4.91. The highest BCUT2D eigenvalue weighted by Crippen LogP contribution is 2.14. The number of thiazole rings is 1. The van der Waals surface area contributed by atoms with Crippen LogP contribution in [-0.2, 0) is 6.54 Å². The number of rotatable bonds is 6. The predicted octanol–water partition coefficient (Wildman–Crippen LogP) is 3.10. The average molecular weight is 395 g/mol. The van der Waals surface area contributed by atoms with Gasteiger partial charge in [-0.2, -0.15) is 4.99 Å². The molecule has 7 heteroatoms. The molecule has 0 unspecified atom stereocenters. The summed E-state index contributed by atoms with van der Waals surface area (Å²) in [6.07, 6.45) is 1.86. The van der Waals surface area contributed by atoms with E-state index in [1.165, 1.54) is 11.3 Å². The minimum Gasteiger partial charge on any atom is -0.497 e. The van der Waals surface area contributed by atoms with Crippen LogP contribution in [-0.4, -0.2) is 30.0 Å². The van der Waals surface area contributed by atoms with E-state index < -0.39 is 0 Å². The average Bonchev–Trinajstić information content (AvgIpc) is 3.15. The van der Waals surface area contributed by atoms with Gasteiger partial charge in [-0.3, -0.25) is 9.59 Å². The first kappa shape index (κ1) is 19.6. The van der Waals surface area contributed by atoms with Gasteiger partial charge in [0.25, 0.3) is 11.8 Å². The van der Waals surface area contributed by atoms with Crippen molar-refractivity contribution >= 4 is 23.2 Å². The highest BCUT2D eigenvalue weighted by Gasteiger charge is 2.11. The van der Waals surface area contributed by atoms with Crippen LogP contribution in [0.5, 0.6) is 5.75 Å². The third-order valence-electron chi connectivity index (χ3n) is 4.11. The Morgan fingerprint density at radius 1 is 1.18 bits per heavy atom. The summed E-state index contributed by atoms with van der Waals surface area (Å²) in [5.41, 5.74) is 1.94. The van der Waals surface area contributed by atoms with Gasteiger partial charge < -0.3 is 14.6 Å². The van der Waals surface area contributed by atoms with Gasteiger partial charge in [-0.15, -0.1) is 11.3 Å². The summed E-state index contributed by atoms with van der Waals surface area (Å²) in [4.78, 5) is 29.7. The van der Waals surface area contributed by atoms with Crippen LogP contribution in [0, 0.1) is 0 Å². The summed E-state index contributed by atoms with van der Waals surface area (Å²) in [6.45, 7) is 2.89. The van der Waals surface area contributed by atoms with Gasteiger partial charge >= 0.3 is 0 Å². The number of benzene rings is 2. The summed E-state index contributed by atoms with van der Waals surface area (Å²) in [5.74, 6) is 0.156. The molecule has 144 valence electrons. The van der Waals surface area contributed by atoms with Crippen molar-refractivity contribution in [2.24, 2.45) is 4.99 Å². The van der Waals surface area contributed by atoms with Crippen molar-refractivity contribution in [3.05, 3.63) is 81.6 Å². The molecule has 0 fully saturated rings. The molecule has 0 aliphatic rings. The number of amides is 2. The molecular weight excluding hydrogens is 374 g/mol. The van der Waals surface area contributed by atoms with Crippen LogP contribution in [0.3, 0.4) is 0 Å². The highest BCUT2D eigenvalue weighted by molar-refractivity contribution is 7.07. The van der Waals surface area contributed by atoms with Gasteiger partial charge in [-0.25, -0.2) is 0 Å². The molecule has 1 N–H and O–H groups in total. The zero-order valence-electron chi connectivity index (χ0n) is 15.7. The maximum atomic E-state index is 12.6. The molecule has 0 radical (unpaired) electrons. The maximum Gasteiger partial charge on any atom is 0.279 e. The smallest absolute Gasteiger partial charge is 0.279 e. The van der Waals surface area contributed by atoms with Gasteiger partial charge in [-0.05, 0) is 36.8 Å². The second-order valence-corrected chi connectivity index (χ2v) is 6.85. The fourth-order valence-corrected chi connectivity index (χ4v) is 3.46. The maximum absolute atomic E-state index is 12.6. The predicted molar refractivity (Wildman–Crippen MR) is 109 cm³/mol. The lowest BCUT2D eigenvalue weighted by atomic mass is 10.1. The van der Waals surface area contributed by atoms with Crippen LogP contribution in [0.25, 0.3) is 0 Å². The van der Waals surface area contributed by atoms with Gasteiger partial charge in [0.05, 0.1) is 13.7 Å². The highest BCUT2D eigenvalue weighted by atomic mass is 32.1. The quantitative estimate of drug-likeness (QED) is 0.697. The van der Waals surface area contributed by atoms with Crippen molar-refractivity contribution < 1.29 is 14.3 Å². The number of nitrogens with zero attached hydrogens (tertiary/aromatic N) is 2. The van der Waals surface area contributed by atoms with E-state index in [9.17, 15) is 9.59 Å². The van der Waals surface area contributed by atoms with Crippen molar-refractivity contribution in [1.82, 2.24) is 9.88 Å². The number of hydrogen-bond acceptors (Lipinski definition) is 4. The molecule has 3 rings (SSSR count). The normalized spacial score (nSPS) is 11.3. The Kier molecular flexibility index (Phi) is 6.39. The molecule has 28 heavy (non-hydrogen) atoms. The van der Waals surface area contributed by atoms with Crippen molar-refractivity contribution in [2.45, 2.75) is 13.5 Å². The van der Waals surface area contributed by atoms with Crippen molar-refractivity contribution in [3.63, 3.8) is 0 Å². The number of carbonyl (C=O) groups excluding carboxylic acids is 2. The van der Waals surface area contributed by atoms with E-state index in [4.69, 9.17) is 4.74 Å². The third kappa shape index (κ3) is 4.55. The number of ether oxygens (including phenoxy) is 1. The molecule has 2 aromatic carbocycles. The summed E-state index contributed by atoms with van der Waals surface area (Å²) in [7, 11) is 1.56. The first-order valence-corrected chi connectivity index (χ1v) is 9.73. The molecule has 2 amide bonds. The van der Waals surface area contributed by atoms with E-state index in [-0.39, 0.29) is 11.8 Å². The monoisotopic (exact) mass is 395 g/mol. The molecular formula is C21H21N3O3S. The minimum absolute atomic E-state index is 0.111. The van der Waals surface area contributed by atoms with E-state index in [2.05, 4.69) is 10.3 Å². The topological polar surface area (TPSA) is 72.7 Å². The Labute approximate surface area is 167 Å². The lowest BCUT2D eigenvalue weighted by Crippen LogP contribution is -2.25. The molecule has 6 nitrogen and oxygen atoms in total. The number of methoxy groups -OCH3 is 1. The lowest BCUT2D eigenvalue weighted by Gasteiger charge is -2.10. The van der Waals surface area contributed by atoms with E-state index in [1.54, 1.807) is 37.4 Å². The number of carbonyl (C=O) groups is 2. The van der Waals surface area contributed by atoms with Crippen LogP contribution in [0.4, 0.5) is 0 Å². The van der Waals surface area contributed by atoms with Crippen molar-refractivity contribution in [2.75, 3.05) is 13.7 Å². The summed E-state index contributed by atoms with van der Waals surface area (Å²) in [5, 5.41) is 4.69. The molecule has 0 aliphatic carbocycles. The van der Waals surface area contributed by atoms with Crippen LogP contribution >= 0.6 is 11.3 Å². The van der Waals surface area contributed by atoms with Crippen molar-refractivity contribution in [1.29, 1.82) is 0 Å². The molecule has 0 saturated carbocycles. The molecule has 0 saturated heterocycles. The summed E-state index contributed by atoms with van der Waals surface area (Å²) >= 11 is 1.37. The van der Waals surface area contributed by atoms with E-state index in [1.807, 2.05) is 41.3 Å². The SMILES string of the molecule is CCNC(=O)c1ccccc1Cn1ccsc1=NC(=O)c1cccc(OC)c1. The molecule has 1 aromatic heterocycles. The first-order valence-electron chi connectivity index (χ1n) is 8.85. The largest absolute Gasteiger partial charge is 0.497 e. The number of hydrogen-bond donors (Lipinski definition) is 1. The summed E-state index contributed by atoms with van der Waals surface area (Å²) in [6, 6.07) is 14.3. The van der Waals surface area contributed by atoms with E-state index >= 15 is 0 Å². The van der Waals surface area contributed by atoms with Gasteiger partial charge in [0.15, 0.2) is 4.80 Å². The fraction of sp³-hybridized carbons (Fsp3) is 0.190. The molecule has 3 aromatic rings. The van der Waals surface area contributed by atoms with Crippen molar-refractivity contribution in [3.8, 4) is 5.75 Å². The Bertz CT molecular complexity index is 1050. The van der Waals surface area contributed by atoms with Crippen LogP contribution in [0.15, 0.2) is 65.1 Å². The van der Waals surface area contributed by atoms with Gasteiger partial charge in [0.2, 0.25) is 0 Å². The van der Waals surface area contributed by atoms with Crippen LogP contribution in [0.2, 0.25) is 0 Å². The van der Waals surface area contributed by atoms with Gasteiger partial charge in [0, 0.05) is 29.2 Å². The lowest BCUT2D eigenvalue weighted by molar-refractivity contribution is 0.0953. The van der Waals surface area contributed by atoms with Crippen LogP contribution in [0.1, 0.15) is 33.2 Å².